The zero-order valence-electron chi connectivity index (χ0n) is 10.7. The Bertz CT molecular complexity index is 549. The summed E-state index contributed by atoms with van der Waals surface area (Å²) in [6.45, 7) is 1.38. The van der Waals surface area contributed by atoms with Gasteiger partial charge in [0.15, 0.2) is 6.10 Å². The van der Waals surface area contributed by atoms with E-state index in [-0.39, 0.29) is 16.5 Å². The lowest BCUT2D eigenvalue weighted by atomic mass is 10.3. The van der Waals surface area contributed by atoms with Crippen molar-refractivity contribution < 1.29 is 19.2 Å². The molecule has 0 aliphatic carbocycles. The van der Waals surface area contributed by atoms with E-state index in [9.17, 15) is 19.7 Å². The van der Waals surface area contributed by atoms with E-state index in [0.717, 1.165) is 6.07 Å². The molecule has 0 saturated heterocycles. The van der Waals surface area contributed by atoms with Crippen LogP contribution in [0.2, 0.25) is 5.02 Å². The van der Waals surface area contributed by atoms with Gasteiger partial charge in [0.05, 0.1) is 16.0 Å². The van der Waals surface area contributed by atoms with Crippen LogP contribution in [-0.4, -0.2) is 30.0 Å². The molecular formula is C11H12ClN3O5. The van der Waals surface area contributed by atoms with Gasteiger partial charge in [-0.3, -0.25) is 20.2 Å². The number of carbonyl (C=O) groups excluding carboxylic acids is 2. The molecule has 0 aliphatic heterocycles. The normalized spacial score (nSPS) is 11.3. The number of ether oxygens (including phenoxy) is 1. The smallest absolute Gasteiger partial charge is 0.321 e. The van der Waals surface area contributed by atoms with Gasteiger partial charge >= 0.3 is 6.03 Å². The number of nitrogens with one attached hydrogen (secondary N) is 2. The highest BCUT2D eigenvalue weighted by molar-refractivity contribution is 6.32. The number of benzene rings is 1. The number of imide groups is 1. The number of nitrogens with zero attached hydrogens (tertiary/aromatic N) is 1. The van der Waals surface area contributed by atoms with Gasteiger partial charge in [0.1, 0.15) is 5.75 Å². The molecule has 0 saturated carbocycles. The molecule has 1 unspecified atom stereocenters. The number of hydrogen-bond donors (Lipinski definition) is 2. The van der Waals surface area contributed by atoms with Crippen molar-refractivity contribution in [3.63, 3.8) is 0 Å². The predicted octanol–water partition coefficient (Wildman–Crippen LogP) is 1.47. The molecule has 1 atom stereocenters. The summed E-state index contributed by atoms with van der Waals surface area (Å²) in [5, 5.41) is 15.0. The molecule has 2 N–H and O–H groups in total. The van der Waals surface area contributed by atoms with Crippen molar-refractivity contribution in [1.29, 1.82) is 0 Å². The van der Waals surface area contributed by atoms with Crippen molar-refractivity contribution in [3.8, 4) is 5.75 Å². The van der Waals surface area contributed by atoms with Crippen LogP contribution in [0.1, 0.15) is 6.92 Å². The monoisotopic (exact) mass is 301 g/mol. The predicted molar refractivity (Wildman–Crippen MR) is 70.8 cm³/mol. The topological polar surface area (TPSA) is 111 Å². The second-order valence-electron chi connectivity index (χ2n) is 3.70. The highest BCUT2D eigenvalue weighted by Crippen LogP contribution is 2.29. The molecule has 108 valence electrons. The Labute approximate surface area is 119 Å². The summed E-state index contributed by atoms with van der Waals surface area (Å²) >= 11 is 5.82. The van der Waals surface area contributed by atoms with Crippen molar-refractivity contribution in [1.82, 2.24) is 10.6 Å². The van der Waals surface area contributed by atoms with E-state index in [1.807, 2.05) is 5.32 Å². The van der Waals surface area contributed by atoms with E-state index in [2.05, 4.69) is 5.32 Å². The number of hydrogen-bond acceptors (Lipinski definition) is 5. The maximum Gasteiger partial charge on any atom is 0.321 e. The molecule has 0 aliphatic rings. The molecule has 8 nitrogen and oxygen atoms in total. The molecule has 20 heavy (non-hydrogen) atoms. The van der Waals surface area contributed by atoms with Crippen LogP contribution < -0.4 is 15.4 Å². The van der Waals surface area contributed by atoms with Crippen LogP contribution in [0.25, 0.3) is 0 Å². The number of halogens is 1. The van der Waals surface area contributed by atoms with Gasteiger partial charge in [0, 0.05) is 13.1 Å². The molecule has 0 fully saturated rings. The van der Waals surface area contributed by atoms with E-state index in [4.69, 9.17) is 16.3 Å². The number of carbonyl (C=O) groups is 2. The Morgan fingerprint density at radius 1 is 1.45 bits per heavy atom. The van der Waals surface area contributed by atoms with Crippen LogP contribution in [-0.2, 0) is 4.79 Å². The molecule has 1 aromatic carbocycles. The SMILES string of the molecule is CNC(=O)NC(=O)C(C)Oc1cc([N+](=O)[O-])ccc1Cl. The molecule has 1 rings (SSSR count). The number of nitro groups is 1. The number of nitro benzene ring substituents is 1. The van der Waals surface area contributed by atoms with Gasteiger partial charge in [0.2, 0.25) is 0 Å². The van der Waals surface area contributed by atoms with Gasteiger partial charge in [-0.2, -0.15) is 0 Å². The first kappa shape index (κ1) is 15.7. The molecule has 3 amide bonds. The number of non-ortho nitro benzene ring substituents is 1. The van der Waals surface area contributed by atoms with Crippen LogP contribution in [0.3, 0.4) is 0 Å². The summed E-state index contributed by atoms with van der Waals surface area (Å²) in [4.78, 5) is 32.6. The zero-order chi connectivity index (χ0) is 15.3. The first-order valence-electron chi connectivity index (χ1n) is 5.48. The summed E-state index contributed by atoms with van der Waals surface area (Å²) in [6, 6.07) is 2.92. The number of urea groups is 1. The van der Waals surface area contributed by atoms with E-state index >= 15 is 0 Å². The highest BCUT2D eigenvalue weighted by atomic mass is 35.5. The van der Waals surface area contributed by atoms with E-state index in [1.54, 1.807) is 0 Å². The number of amides is 3. The third-order valence-electron chi connectivity index (χ3n) is 2.26. The lowest BCUT2D eigenvalue weighted by molar-refractivity contribution is -0.384. The molecule has 0 heterocycles. The van der Waals surface area contributed by atoms with Crippen molar-refractivity contribution in [2.75, 3.05) is 7.05 Å². The highest BCUT2D eigenvalue weighted by Gasteiger charge is 2.19. The summed E-state index contributed by atoms with van der Waals surface area (Å²) in [6.07, 6.45) is -1.05. The second kappa shape index (κ2) is 6.71. The van der Waals surface area contributed by atoms with Crippen LogP contribution >= 0.6 is 11.6 Å². The van der Waals surface area contributed by atoms with Crippen LogP contribution in [0.5, 0.6) is 5.75 Å². The van der Waals surface area contributed by atoms with Gasteiger partial charge in [-0.15, -0.1) is 0 Å². The molecule has 1 aromatic rings. The lowest BCUT2D eigenvalue weighted by Crippen LogP contribution is -2.43. The Balaban J connectivity index is 2.82. The fraction of sp³-hybridized carbons (Fsp3) is 0.273. The third kappa shape index (κ3) is 4.09. The van der Waals surface area contributed by atoms with E-state index in [1.165, 1.54) is 26.1 Å². The van der Waals surface area contributed by atoms with Crippen molar-refractivity contribution in [3.05, 3.63) is 33.3 Å². The average molecular weight is 302 g/mol. The summed E-state index contributed by atoms with van der Waals surface area (Å²) in [5.74, 6) is -0.715. The lowest BCUT2D eigenvalue weighted by Gasteiger charge is -2.14. The molecular weight excluding hydrogens is 290 g/mol. The average Bonchev–Trinajstić information content (AvgIpc) is 2.40. The van der Waals surface area contributed by atoms with E-state index < -0.39 is 23.0 Å². The number of rotatable bonds is 4. The minimum Gasteiger partial charge on any atom is -0.479 e. The third-order valence-corrected chi connectivity index (χ3v) is 2.57. The second-order valence-corrected chi connectivity index (χ2v) is 4.11. The minimum atomic E-state index is -1.05. The standard InChI is InChI=1S/C11H12ClN3O5/c1-6(10(16)14-11(17)13-2)20-9-5-7(15(18)19)3-4-8(9)12/h3-6H,1-2H3,(H2,13,14,16,17). The molecule has 0 bridgehead atoms. The summed E-state index contributed by atoms with van der Waals surface area (Å²) < 4.78 is 5.21. The van der Waals surface area contributed by atoms with E-state index in [0.29, 0.717) is 0 Å². The van der Waals surface area contributed by atoms with Crippen LogP contribution in [0, 0.1) is 10.1 Å². The summed E-state index contributed by atoms with van der Waals surface area (Å²) in [7, 11) is 1.35. The minimum absolute atomic E-state index is 0.0135. The quantitative estimate of drug-likeness (QED) is 0.646. The fourth-order valence-electron chi connectivity index (χ4n) is 1.22. The molecule has 0 radical (unpaired) electrons. The maximum absolute atomic E-state index is 11.6. The van der Waals surface area contributed by atoms with Gasteiger partial charge in [-0.25, -0.2) is 4.79 Å². The molecule has 0 spiro atoms. The fourth-order valence-corrected chi connectivity index (χ4v) is 1.38. The Kier molecular flexibility index (Phi) is 5.27. The Hall–Kier alpha value is -2.35. The van der Waals surface area contributed by atoms with Gasteiger partial charge in [-0.05, 0) is 13.0 Å². The maximum atomic E-state index is 11.6. The van der Waals surface area contributed by atoms with Gasteiger partial charge in [0.25, 0.3) is 11.6 Å². The first-order chi connectivity index (χ1) is 9.35. The first-order valence-corrected chi connectivity index (χ1v) is 5.86. The molecule has 0 aromatic heterocycles. The van der Waals surface area contributed by atoms with Gasteiger partial charge < -0.3 is 10.1 Å². The Morgan fingerprint density at radius 3 is 2.65 bits per heavy atom. The Morgan fingerprint density at radius 2 is 2.10 bits per heavy atom. The van der Waals surface area contributed by atoms with Crippen molar-refractivity contribution >= 4 is 29.2 Å². The van der Waals surface area contributed by atoms with Crippen LogP contribution in [0.4, 0.5) is 10.5 Å². The molecule has 9 heteroatoms. The summed E-state index contributed by atoms with van der Waals surface area (Å²) in [5.41, 5.74) is -0.219. The zero-order valence-corrected chi connectivity index (χ0v) is 11.4. The van der Waals surface area contributed by atoms with Crippen molar-refractivity contribution in [2.24, 2.45) is 0 Å². The van der Waals surface area contributed by atoms with Gasteiger partial charge in [-0.1, -0.05) is 11.6 Å². The van der Waals surface area contributed by atoms with Crippen molar-refractivity contribution in [2.45, 2.75) is 13.0 Å². The van der Waals surface area contributed by atoms with Crippen LogP contribution in [0.15, 0.2) is 18.2 Å². The largest absolute Gasteiger partial charge is 0.479 e.